The van der Waals surface area contributed by atoms with Gasteiger partial charge in [0, 0.05) is 11.4 Å². The summed E-state index contributed by atoms with van der Waals surface area (Å²) in [7, 11) is 0. The molecule has 0 spiro atoms. The topological polar surface area (TPSA) is 48.7 Å². The van der Waals surface area contributed by atoms with Gasteiger partial charge in [-0.25, -0.2) is 4.39 Å². The molecule has 3 nitrogen and oxygen atoms in total. The minimum Gasteiger partial charge on any atom is -0.354 e. The molecule has 4 heteroatoms. The van der Waals surface area contributed by atoms with Crippen molar-refractivity contribution in [3.8, 4) is 6.07 Å². The van der Waals surface area contributed by atoms with Gasteiger partial charge in [-0.1, -0.05) is 6.07 Å². The zero-order chi connectivity index (χ0) is 14.0. The molecule has 1 N–H and O–H groups in total. The molecule has 1 aromatic carbocycles. The van der Waals surface area contributed by atoms with Crippen molar-refractivity contribution in [1.29, 1.82) is 5.26 Å². The first-order valence-electron chi connectivity index (χ1n) is 5.93. The summed E-state index contributed by atoms with van der Waals surface area (Å²) in [5, 5.41) is 12.3. The van der Waals surface area contributed by atoms with Gasteiger partial charge in [0.15, 0.2) is 0 Å². The molecule has 0 saturated heterocycles. The molecule has 2 aromatic rings. The third-order valence-electron chi connectivity index (χ3n) is 2.91. The van der Waals surface area contributed by atoms with Crippen LogP contribution < -0.4 is 5.32 Å². The van der Waals surface area contributed by atoms with Crippen LogP contribution in [0.5, 0.6) is 0 Å². The minimum atomic E-state index is -0.311. The number of benzene rings is 1. The lowest BCUT2D eigenvalue weighted by molar-refractivity contribution is 0.628. The normalized spacial score (nSPS) is 10.1. The number of anilines is 2. The maximum atomic E-state index is 13.3. The molecular formula is C15H14FN3. The Morgan fingerprint density at radius 1 is 1.16 bits per heavy atom. The molecule has 0 radical (unpaired) electrons. The zero-order valence-corrected chi connectivity index (χ0v) is 11.1. The molecule has 0 bridgehead atoms. The van der Waals surface area contributed by atoms with Gasteiger partial charge >= 0.3 is 0 Å². The van der Waals surface area contributed by atoms with Crippen LogP contribution in [0.1, 0.15) is 22.5 Å². The predicted octanol–water partition coefficient (Wildman–Crippen LogP) is 3.76. The van der Waals surface area contributed by atoms with Crippen LogP contribution >= 0.6 is 0 Å². The summed E-state index contributed by atoms with van der Waals surface area (Å²) in [5.41, 5.74) is 4.18. The average Bonchev–Trinajstić information content (AvgIpc) is 2.33. The van der Waals surface area contributed by atoms with Gasteiger partial charge in [-0.3, -0.25) is 4.98 Å². The lowest BCUT2D eigenvalue weighted by Crippen LogP contribution is -2.01. The zero-order valence-electron chi connectivity index (χ0n) is 11.1. The lowest BCUT2D eigenvalue weighted by atomic mass is 10.1. The SMILES string of the molecule is Cc1cc(Nc2cc(F)ccc2C)c(C#N)c(C)n1. The number of pyridine rings is 1. The van der Waals surface area contributed by atoms with Crippen LogP contribution in [0.2, 0.25) is 0 Å². The van der Waals surface area contributed by atoms with Crippen LogP contribution in [0.15, 0.2) is 24.3 Å². The highest BCUT2D eigenvalue weighted by Gasteiger charge is 2.09. The average molecular weight is 255 g/mol. The number of rotatable bonds is 2. The van der Waals surface area contributed by atoms with Crippen LogP contribution in [0.25, 0.3) is 0 Å². The van der Waals surface area contributed by atoms with Gasteiger partial charge < -0.3 is 5.32 Å². The number of halogens is 1. The Hall–Kier alpha value is -2.41. The van der Waals surface area contributed by atoms with Crippen LogP contribution in [0.4, 0.5) is 15.8 Å². The van der Waals surface area contributed by atoms with Gasteiger partial charge in [-0.2, -0.15) is 5.26 Å². The van der Waals surface area contributed by atoms with E-state index < -0.39 is 0 Å². The van der Waals surface area contributed by atoms with E-state index in [1.807, 2.05) is 13.8 Å². The summed E-state index contributed by atoms with van der Waals surface area (Å²) < 4.78 is 13.3. The van der Waals surface area contributed by atoms with Crippen LogP contribution in [0.3, 0.4) is 0 Å². The Morgan fingerprint density at radius 3 is 2.58 bits per heavy atom. The molecule has 0 saturated carbocycles. The second-order valence-corrected chi connectivity index (χ2v) is 4.47. The van der Waals surface area contributed by atoms with E-state index in [4.69, 9.17) is 0 Å². The highest BCUT2D eigenvalue weighted by molar-refractivity contribution is 5.69. The van der Waals surface area contributed by atoms with Gasteiger partial charge in [0.05, 0.1) is 16.9 Å². The van der Waals surface area contributed by atoms with Crippen molar-refractivity contribution < 1.29 is 4.39 Å². The maximum Gasteiger partial charge on any atom is 0.125 e. The van der Waals surface area contributed by atoms with Gasteiger partial charge in [-0.15, -0.1) is 0 Å². The molecule has 2 rings (SSSR count). The van der Waals surface area contributed by atoms with Gasteiger partial charge in [0.1, 0.15) is 11.9 Å². The van der Waals surface area contributed by atoms with Crippen molar-refractivity contribution in [1.82, 2.24) is 4.98 Å². The molecule has 19 heavy (non-hydrogen) atoms. The van der Waals surface area contributed by atoms with Gasteiger partial charge in [0.2, 0.25) is 0 Å². The van der Waals surface area contributed by atoms with E-state index >= 15 is 0 Å². The molecule has 0 atom stereocenters. The first kappa shape index (κ1) is 13.0. The fourth-order valence-electron chi connectivity index (χ4n) is 1.94. The third kappa shape index (κ3) is 2.71. The molecule has 1 heterocycles. The Morgan fingerprint density at radius 2 is 1.89 bits per heavy atom. The summed E-state index contributed by atoms with van der Waals surface area (Å²) in [4.78, 5) is 4.25. The lowest BCUT2D eigenvalue weighted by Gasteiger charge is -2.13. The number of nitriles is 1. The van der Waals surface area contributed by atoms with E-state index in [-0.39, 0.29) is 5.82 Å². The van der Waals surface area contributed by atoms with Crippen molar-refractivity contribution in [2.24, 2.45) is 0 Å². The highest BCUT2D eigenvalue weighted by Crippen LogP contribution is 2.25. The first-order chi connectivity index (χ1) is 9.01. The molecule has 1 aromatic heterocycles. The summed E-state index contributed by atoms with van der Waals surface area (Å²) in [5.74, 6) is -0.311. The van der Waals surface area contributed by atoms with E-state index in [0.29, 0.717) is 22.6 Å². The van der Waals surface area contributed by atoms with Gasteiger partial charge in [-0.05, 0) is 44.5 Å². The predicted molar refractivity (Wildman–Crippen MR) is 72.8 cm³/mol. The smallest absolute Gasteiger partial charge is 0.125 e. The molecule has 0 aliphatic rings. The van der Waals surface area contributed by atoms with E-state index in [1.165, 1.54) is 12.1 Å². The number of nitrogens with zero attached hydrogens (tertiary/aromatic N) is 2. The molecule has 0 aliphatic heterocycles. The second kappa shape index (κ2) is 5.07. The monoisotopic (exact) mass is 255 g/mol. The highest BCUT2D eigenvalue weighted by atomic mass is 19.1. The van der Waals surface area contributed by atoms with Crippen LogP contribution in [0, 0.1) is 37.9 Å². The van der Waals surface area contributed by atoms with Crippen molar-refractivity contribution >= 4 is 11.4 Å². The van der Waals surface area contributed by atoms with Crippen molar-refractivity contribution in [2.45, 2.75) is 20.8 Å². The van der Waals surface area contributed by atoms with Crippen LogP contribution in [-0.4, -0.2) is 4.98 Å². The number of hydrogen-bond donors (Lipinski definition) is 1. The molecule has 0 amide bonds. The fourth-order valence-corrected chi connectivity index (χ4v) is 1.94. The maximum absolute atomic E-state index is 13.3. The van der Waals surface area contributed by atoms with Crippen molar-refractivity contribution in [3.05, 3.63) is 52.6 Å². The fraction of sp³-hybridized carbons (Fsp3) is 0.200. The largest absolute Gasteiger partial charge is 0.354 e. The first-order valence-corrected chi connectivity index (χ1v) is 5.93. The quantitative estimate of drug-likeness (QED) is 0.888. The number of hydrogen-bond acceptors (Lipinski definition) is 3. The van der Waals surface area contributed by atoms with E-state index in [0.717, 1.165) is 11.3 Å². The standard InChI is InChI=1S/C15H14FN3/c1-9-4-5-12(16)7-14(9)19-15-6-10(2)18-11(3)13(15)8-17/h4-7H,1-3H3,(H,18,19). The Balaban J connectivity index is 2.49. The summed E-state index contributed by atoms with van der Waals surface area (Å²) in [6.45, 7) is 5.53. The minimum absolute atomic E-state index is 0.311. The molecule has 96 valence electrons. The number of aryl methyl sites for hydroxylation is 3. The molecule has 0 fully saturated rings. The summed E-state index contributed by atoms with van der Waals surface area (Å²) in [6, 6.07) is 8.44. The number of aromatic nitrogens is 1. The Bertz CT molecular complexity index is 672. The van der Waals surface area contributed by atoms with Crippen LogP contribution in [-0.2, 0) is 0 Å². The van der Waals surface area contributed by atoms with E-state index in [2.05, 4.69) is 16.4 Å². The molecular weight excluding hydrogens is 241 g/mol. The van der Waals surface area contributed by atoms with E-state index in [9.17, 15) is 9.65 Å². The molecule has 0 aliphatic carbocycles. The third-order valence-corrected chi connectivity index (χ3v) is 2.91. The van der Waals surface area contributed by atoms with Crippen molar-refractivity contribution in [3.63, 3.8) is 0 Å². The molecule has 0 unspecified atom stereocenters. The Labute approximate surface area is 111 Å². The summed E-state index contributed by atoms with van der Waals surface area (Å²) in [6.07, 6.45) is 0. The second-order valence-electron chi connectivity index (χ2n) is 4.47. The summed E-state index contributed by atoms with van der Waals surface area (Å²) >= 11 is 0. The number of nitrogens with one attached hydrogen (secondary N) is 1. The Kier molecular flexibility index (Phi) is 3.48. The van der Waals surface area contributed by atoms with Crippen molar-refractivity contribution in [2.75, 3.05) is 5.32 Å². The van der Waals surface area contributed by atoms with E-state index in [1.54, 1.807) is 19.1 Å². The van der Waals surface area contributed by atoms with Gasteiger partial charge in [0.25, 0.3) is 0 Å².